The highest BCUT2D eigenvalue weighted by atomic mass is 16.5. The van der Waals surface area contributed by atoms with E-state index in [9.17, 15) is 0 Å². The molecule has 1 fully saturated rings. The summed E-state index contributed by atoms with van der Waals surface area (Å²) in [5.74, 6) is 6.86. The van der Waals surface area contributed by atoms with Crippen molar-refractivity contribution in [1.29, 1.82) is 0 Å². The third kappa shape index (κ3) is 1.72. The molecule has 4 nitrogen and oxygen atoms in total. The molecule has 1 saturated carbocycles. The van der Waals surface area contributed by atoms with Crippen LogP contribution in [-0.2, 0) is 0 Å². The molecule has 0 aromatic carbocycles. The largest absolute Gasteiger partial charge is 0.490 e. The van der Waals surface area contributed by atoms with Crippen molar-refractivity contribution in [2.45, 2.75) is 25.9 Å². The third-order valence-electron chi connectivity index (χ3n) is 2.11. The van der Waals surface area contributed by atoms with E-state index in [2.05, 4.69) is 10.4 Å². The van der Waals surface area contributed by atoms with Crippen LogP contribution < -0.4 is 16.0 Å². The summed E-state index contributed by atoms with van der Waals surface area (Å²) in [5, 5.41) is 0. The van der Waals surface area contributed by atoms with Crippen molar-refractivity contribution in [3.8, 4) is 5.75 Å². The highest BCUT2D eigenvalue weighted by molar-refractivity contribution is 5.49. The fourth-order valence-electron chi connectivity index (χ4n) is 1.16. The molecule has 0 amide bonds. The number of aromatic nitrogens is 1. The SMILES string of the molecule is Cc1c(OC2CC2)ccnc1NN. The van der Waals surface area contributed by atoms with Gasteiger partial charge in [-0.15, -0.1) is 0 Å². The molecular weight excluding hydrogens is 166 g/mol. The maximum Gasteiger partial charge on any atom is 0.146 e. The molecule has 0 saturated heterocycles. The van der Waals surface area contributed by atoms with Crippen LogP contribution in [0.4, 0.5) is 5.82 Å². The molecule has 4 heteroatoms. The number of nitrogens with one attached hydrogen (secondary N) is 1. The Morgan fingerprint density at radius 1 is 1.62 bits per heavy atom. The summed E-state index contributed by atoms with van der Waals surface area (Å²) in [6, 6.07) is 1.87. The number of hydrogen-bond donors (Lipinski definition) is 2. The molecule has 0 unspecified atom stereocenters. The van der Waals surface area contributed by atoms with Crippen LogP contribution in [0, 0.1) is 6.92 Å². The van der Waals surface area contributed by atoms with Crippen molar-refractivity contribution in [3.05, 3.63) is 17.8 Å². The first-order chi connectivity index (χ1) is 6.31. The van der Waals surface area contributed by atoms with Gasteiger partial charge in [-0.3, -0.25) is 0 Å². The third-order valence-corrected chi connectivity index (χ3v) is 2.11. The maximum absolute atomic E-state index is 5.66. The van der Waals surface area contributed by atoms with Gasteiger partial charge in [0.1, 0.15) is 11.6 Å². The topological polar surface area (TPSA) is 60.2 Å². The van der Waals surface area contributed by atoms with E-state index in [0.29, 0.717) is 11.9 Å². The van der Waals surface area contributed by atoms with Gasteiger partial charge in [0, 0.05) is 11.8 Å². The predicted molar refractivity (Wildman–Crippen MR) is 50.4 cm³/mol. The first-order valence-corrected chi connectivity index (χ1v) is 4.40. The van der Waals surface area contributed by atoms with E-state index in [-0.39, 0.29) is 0 Å². The van der Waals surface area contributed by atoms with Crippen LogP contribution in [0.25, 0.3) is 0 Å². The number of ether oxygens (including phenoxy) is 1. The zero-order chi connectivity index (χ0) is 9.26. The second kappa shape index (κ2) is 3.22. The van der Waals surface area contributed by atoms with Crippen molar-refractivity contribution in [1.82, 2.24) is 4.98 Å². The minimum absolute atomic E-state index is 0.409. The second-order valence-corrected chi connectivity index (χ2v) is 3.24. The quantitative estimate of drug-likeness (QED) is 0.541. The standard InChI is InChI=1S/C9H13N3O/c1-6-8(13-7-2-3-7)4-5-11-9(6)12-10/h4-5,7H,2-3,10H2,1H3,(H,11,12). The predicted octanol–water partition coefficient (Wildman–Crippen LogP) is 1.22. The highest BCUT2D eigenvalue weighted by Gasteiger charge is 2.24. The van der Waals surface area contributed by atoms with E-state index in [0.717, 1.165) is 24.2 Å². The van der Waals surface area contributed by atoms with E-state index >= 15 is 0 Å². The molecule has 1 aromatic rings. The summed E-state index contributed by atoms with van der Waals surface area (Å²) in [7, 11) is 0. The Hall–Kier alpha value is -1.29. The van der Waals surface area contributed by atoms with Gasteiger partial charge in [0.2, 0.25) is 0 Å². The van der Waals surface area contributed by atoms with Gasteiger partial charge in [0.15, 0.2) is 0 Å². The van der Waals surface area contributed by atoms with Gasteiger partial charge in [-0.05, 0) is 25.8 Å². The maximum atomic E-state index is 5.66. The van der Waals surface area contributed by atoms with Gasteiger partial charge < -0.3 is 10.2 Å². The fourth-order valence-corrected chi connectivity index (χ4v) is 1.16. The lowest BCUT2D eigenvalue weighted by Gasteiger charge is -2.10. The van der Waals surface area contributed by atoms with E-state index < -0.39 is 0 Å². The number of nitrogens with two attached hydrogens (primary N) is 1. The van der Waals surface area contributed by atoms with Crippen LogP contribution in [-0.4, -0.2) is 11.1 Å². The number of rotatable bonds is 3. The minimum Gasteiger partial charge on any atom is -0.490 e. The normalized spacial score (nSPS) is 15.5. The number of nitrogens with zero attached hydrogens (tertiary/aromatic N) is 1. The summed E-state index contributed by atoms with van der Waals surface area (Å²) >= 11 is 0. The van der Waals surface area contributed by atoms with E-state index in [1.165, 1.54) is 0 Å². The summed E-state index contributed by atoms with van der Waals surface area (Å²) < 4.78 is 5.66. The average Bonchev–Trinajstić information content (AvgIpc) is 2.92. The number of anilines is 1. The monoisotopic (exact) mass is 179 g/mol. The molecule has 1 heterocycles. The van der Waals surface area contributed by atoms with Crippen LogP contribution in [0.2, 0.25) is 0 Å². The lowest BCUT2D eigenvalue weighted by atomic mass is 10.2. The average molecular weight is 179 g/mol. The molecule has 0 radical (unpaired) electrons. The molecule has 1 aliphatic carbocycles. The van der Waals surface area contributed by atoms with Crippen molar-refractivity contribution in [2.24, 2.45) is 5.84 Å². The smallest absolute Gasteiger partial charge is 0.146 e. The number of pyridine rings is 1. The van der Waals surface area contributed by atoms with Gasteiger partial charge >= 0.3 is 0 Å². The first-order valence-electron chi connectivity index (χ1n) is 4.40. The van der Waals surface area contributed by atoms with Gasteiger partial charge in [0.25, 0.3) is 0 Å². The minimum atomic E-state index is 0.409. The molecule has 0 atom stereocenters. The molecule has 0 aliphatic heterocycles. The van der Waals surface area contributed by atoms with Crippen LogP contribution >= 0.6 is 0 Å². The van der Waals surface area contributed by atoms with Crippen LogP contribution in [0.15, 0.2) is 12.3 Å². The molecular formula is C9H13N3O. The summed E-state index contributed by atoms with van der Waals surface area (Å²) in [5.41, 5.74) is 3.51. The van der Waals surface area contributed by atoms with Gasteiger partial charge in [-0.25, -0.2) is 10.8 Å². The van der Waals surface area contributed by atoms with Gasteiger partial charge in [-0.2, -0.15) is 0 Å². The Morgan fingerprint density at radius 2 is 2.38 bits per heavy atom. The van der Waals surface area contributed by atoms with E-state index in [1.807, 2.05) is 13.0 Å². The Bertz CT molecular complexity index is 310. The zero-order valence-corrected chi connectivity index (χ0v) is 7.58. The van der Waals surface area contributed by atoms with Crippen LogP contribution in [0.5, 0.6) is 5.75 Å². The van der Waals surface area contributed by atoms with Crippen LogP contribution in [0.3, 0.4) is 0 Å². The summed E-state index contributed by atoms with van der Waals surface area (Å²) in [6.07, 6.45) is 4.42. The van der Waals surface area contributed by atoms with E-state index in [1.54, 1.807) is 6.20 Å². The van der Waals surface area contributed by atoms with E-state index in [4.69, 9.17) is 10.6 Å². The lowest BCUT2D eigenvalue weighted by molar-refractivity contribution is 0.301. The van der Waals surface area contributed by atoms with Crippen LogP contribution in [0.1, 0.15) is 18.4 Å². The fraction of sp³-hybridized carbons (Fsp3) is 0.444. The number of hydrazine groups is 1. The van der Waals surface area contributed by atoms with Crippen molar-refractivity contribution >= 4 is 5.82 Å². The lowest BCUT2D eigenvalue weighted by Crippen LogP contribution is -2.11. The first kappa shape index (κ1) is 8.31. The highest BCUT2D eigenvalue weighted by Crippen LogP contribution is 2.30. The molecule has 1 aromatic heterocycles. The molecule has 0 spiro atoms. The van der Waals surface area contributed by atoms with Gasteiger partial charge in [-0.1, -0.05) is 0 Å². The Balaban J connectivity index is 2.22. The number of hydrogen-bond acceptors (Lipinski definition) is 4. The van der Waals surface area contributed by atoms with Crippen molar-refractivity contribution in [3.63, 3.8) is 0 Å². The van der Waals surface area contributed by atoms with Crippen molar-refractivity contribution < 1.29 is 4.74 Å². The Kier molecular flexibility index (Phi) is 2.06. The summed E-state index contributed by atoms with van der Waals surface area (Å²) in [4.78, 5) is 4.07. The molecule has 3 N–H and O–H groups in total. The molecule has 1 aliphatic rings. The zero-order valence-electron chi connectivity index (χ0n) is 7.58. The molecule has 0 bridgehead atoms. The second-order valence-electron chi connectivity index (χ2n) is 3.24. The molecule has 2 rings (SSSR count). The number of nitrogen functional groups attached to an aromatic ring is 1. The van der Waals surface area contributed by atoms with Crippen molar-refractivity contribution in [2.75, 3.05) is 5.43 Å². The molecule has 13 heavy (non-hydrogen) atoms. The molecule has 70 valence electrons. The Morgan fingerprint density at radius 3 is 3.00 bits per heavy atom. The summed E-state index contributed by atoms with van der Waals surface area (Å²) in [6.45, 7) is 1.94. The van der Waals surface area contributed by atoms with Gasteiger partial charge in [0.05, 0.1) is 6.10 Å². The Labute approximate surface area is 77.1 Å².